The van der Waals surface area contributed by atoms with Gasteiger partial charge in [0.1, 0.15) is 11.7 Å². The summed E-state index contributed by atoms with van der Waals surface area (Å²) in [5, 5.41) is 14.9. The van der Waals surface area contributed by atoms with E-state index in [1.54, 1.807) is 12.3 Å². The highest BCUT2D eigenvalue weighted by atomic mass is 19.4. The van der Waals surface area contributed by atoms with Crippen LogP contribution in [0.5, 0.6) is 0 Å². The maximum Gasteiger partial charge on any atom is 0.410 e. The lowest BCUT2D eigenvalue weighted by Crippen LogP contribution is -2.57. The molecule has 10 nitrogen and oxygen atoms in total. The first-order valence-electron chi connectivity index (χ1n) is 13.1. The maximum absolute atomic E-state index is 13.8. The fourth-order valence-electron chi connectivity index (χ4n) is 5.61. The van der Waals surface area contributed by atoms with Crippen molar-refractivity contribution in [2.75, 3.05) is 43.9 Å². The van der Waals surface area contributed by atoms with Gasteiger partial charge in [-0.25, -0.2) is 4.79 Å². The van der Waals surface area contributed by atoms with Crippen molar-refractivity contribution in [1.29, 1.82) is 0 Å². The monoisotopic (exact) mass is 531 g/mol. The average molecular weight is 532 g/mol. The third kappa shape index (κ3) is 4.16. The molecule has 1 saturated carbocycles. The molecule has 0 bridgehead atoms. The van der Waals surface area contributed by atoms with E-state index in [0.717, 1.165) is 43.7 Å². The van der Waals surface area contributed by atoms with Crippen LogP contribution in [0.1, 0.15) is 45.1 Å². The molecular formula is C25H32F3N9O. The number of nitrogens with one attached hydrogen (secondary N) is 2. The number of pyridine rings is 1. The minimum atomic E-state index is -4.47. The fourth-order valence-corrected chi connectivity index (χ4v) is 5.61. The van der Waals surface area contributed by atoms with Gasteiger partial charge in [0, 0.05) is 37.4 Å². The van der Waals surface area contributed by atoms with E-state index in [9.17, 15) is 18.0 Å². The number of hydrogen-bond donors (Lipinski definition) is 2. The Morgan fingerprint density at radius 2 is 1.97 bits per heavy atom. The van der Waals surface area contributed by atoms with Crippen molar-refractivity contribution in [2.45, 2.75) is 62.8 Å². The Morgan fingerprint density at radius 3 is 2.66 bits per heavy atom. The van der Waals surface area contributed by atoms with Crippen molar-refractivity contribution in [1.82, 2.24) is 34.8 Å². The van der Waals surface area contributed by atoms with Crippen LogP contribution in [-0.4, -0.2) is 92.3 Å². The van der Waals surface area contributed by atoms with Gasteiger partial charge in [0.25, 0.3) is 0 Å². The number of carbonyl (C=O) groups is 1. The first-order valence-corrected chi connectivity index (χ1v) is 13.1. The summed E-state index contributed by atoms with van der Waals surface area (Å²) in [5.74, 6) is 0.492. The SMILES string of the molecule is CC(n1nc(N2CC(N(C)C)C2)c2cnc(-c3[nH]ncc3NC(=O)N3CCCCC34CC4)cc21)C(F)(F)F. The molecule has 1 aliphatic carbocycles. The van der Waals surface area contributed by atoms with Crippen molar-refractivity contribution in [3.63, 3.8) is 0 Å². The zero-order valence-corrected chi connectivity index (χ0v) is 21.7. The Morgan fingerprint density at radius 1 is 1.21 bits per heavy atom. The molecule has 3 aliphatic rings. The van der Waals surface area contributed by atoms with E-state index in [4.69, 9.17) is 0 Å². The molecular weight excluding hydrogens is 499 g/mol. The zero-order chi connectivity index (χ0) is 26.8. The van der Waals surface area contributed by atoms with Gasteiger partial charge in [0.05, 0.1) is 28.5 Å². The van der Waals surface area contributed by atoms with Gasteiger partial charge >= 0.3 is 12.2 Å². The molecule has 204 valence electrons. The van der Waals surface area contributed by atoms with Crippen molar-refractivity contribution in [3.05, 3.63) is 18.5 Å². The molecule has 13 heteroatoms. The Bertz CT molecular complexity index is 1350. The summed E-state index contributed by atoms with van der Waals surface area (Å²) < 4.78 is 42.4. The summed E-state index contributed by atoms with van der Waals surface area (Å²) >= 11 is 0. The van der Waals surface area contributed by atoms with E-state index >= 15 is 0 Å². The maximum atomic E-state index is 13.8. The third-order valence-corrected chi connectivity index (χ3v) is 8.36. The highest BCUT2D eigenvalue weighted by Crippen LogP contribution is 2.48. The first-order chi connectivity index (χ1) is 18.1. The summed E-state index contributed by atoms with van der Waals surface area (Å²) in [4.78, 5) is 23.7. The van der Waals surface area contributed by atoms with Gasteiger partial charge in [-0.15, -0.1) is 0 Å². The lowest BCUT2D eigenvalue weighted by molar-refractivity contribution is -0.164. The van der Waals surface area contributed by atoms with Crippen LogP contribution in [0, 0.1) is 0 Å². The molecule has 0 aromatic carbocycles. The molecule has 2 saturated heterocycles. The number of alkyl halides is 3. The number of fused-ring (bicyclic) bond motifs is 1. The molecule has 2 amide bonds. The molecule has 5 heterocycles. The summed E-state index contributed by atoms with van der Waals surface area (Å²) in [5.41, 5.74) is 1.55. The summed E-state index contributed by atoms with van der Waals surface area (Å²) in [7, 11) is 3.96. The second-order valence-electron chi connectivity index (χ2n) is 11.0. The van der Waals surface area contributed by atoms with Crippen LogP contribution in [0.15, 0.2) is 18.5 Å². The van der Waals surface area contributed by atoms with Gasteiger partial charge in [0.15, 0.2) is 5.82 Å². The first kappa shape index (κ1) is 25.0. The van der Waals surface area contributed by atoms with Crippen LogP contribution < -0.4 is 10.2 Å². The Hall–Kier alpha value is -3.35. The highest BCUT2D eigenvalue weighted by molar-refractivity contribution is 5.96. The van der Waals surface area contributed by atoms with E-state index < -0.39 is 12.2 Å². The number of likely N-dealkylation sites (N-methyl/N-ethyl adjacent to an activating group) is 1. The van der Waals surface area contributed by atoms with Crippen LogP contribution in [-0.2, 0) is 0 Å². The number of urea groups is 1. The number of piperidine rings is 1. The van der Waals surface area contributed by atoms with Crippen LogP contribution in [0.25, 0.3) is 22.3 Å². The standard InChI is InChI=1S/C25H32F3N9O/c1-15(25(26,27)28)37-20-10-18(29-11-17(20)22(33-37)35-13-16(14-35)34(2)3)21-19(12-30-32-21)31-23(38)36-9-5-4-6-24(36)7-8-24/h10-12,15-16H,4-9,13-14H2,1-3H3,(H,30,32)(H,31,38). The van der Waals surface area contributed by atoms with Crippen molar-refractivity contribution < 1.29 is 18.0 Å². The largest absolute Gasteiger partial charge is 0.410 e. The number of likely N-dealkylation sites (tertiary alicyclic amines) is 1. The predicted molar refractivity (Wildman–Crippen MR) is 137 cm³/mol. The number of amides is 2. The van der Waals surface area contributed by atoms with E-state index in [1.165, 1.54) is 6.20 Å². The van der Waals surface area contributed by atoms with Crippen molar-refractivity contribution in [3.8, 4) is 11.4 Å². The van der Waals surface area contributed by atoms with Gasteiger partial charge in [0.2, 0.25) is 0 Å². The number of nitrogens with zero attached hydrogens (tertiary/aromatic N) is 7. The minimum Gasteiger partial charge on any atom is -0.351 e. The number of H-pyrrole nitrogens is 1. The summed E-state index contributed by atoms with van der Waals surface area (Å²) in [6, 6.07) is -0.107. The predicted octanol–water partition coefficient (Wildman–Crippen LogP) is 4.25. The van der Waals surface area contributed by atoms with E-state index in [2.05, 4.69) is 30.5 Å². The average Bonchev–Trinajstić information content (AvgIpc) is 3.28. The van der Waals surface area contributed by atoms with Gasteiger partial charge in [-0.3, -0.25) is 14.8 Å². The molecule has 6 rings (SSSR count). The molecule has 3 aromatic heterocycles. The molecule has 1 spiro atoms. The van der Waals surface area contributed by atoms with Gasteiger partial charge in [-0.2, -0.15) is 23.4 Å². The smallest absolute Gasteiger partial charge is 0.351 e. The normalized spacial score (nSPS) is 20.3. The summed E-state index contributed by atoms with van der Waals surface area (Å²) in [6.07, 6.45) is 3.76. The number of aromatic nitrogens is 5. The highest BCUT2D eigenvalue weighted by Gasteiger charge is 2.51. The molecule has 0 radical (unpaired) electrons. The third-order valence-electron chi connectivity index (χ3n) is 8.36. The molecule has 3 aromatic rings. The number of hydrogen-bond acceptors (Lipinski definition) is 6. The number of anilines is 2. The molecule has 1 atom stereocenters. The summed E-state index contributed by atoms with van der Waals surface area (Å²) in [6.45, 7) is 3.17. The van der Waals surface area contributed by atoms with Gasteiger partial charge in [-0.05, 0) is 59.2 Å². The van der Waals surface area contributed by atoms with Gasteiger partial charge < -0.3 is 20.0 Å². The second-order valence-corrected chi connectivity index (χ2v) is 11.0. The zero-order valence-electron chi connectivity index (χ0n) is 21.7. The number of rotatable bonds is 5. The van der Waals surface area contributed by atoms with E-state index in [1.807, 2.05) is 23.9 Å². The fraction of sp³-hybridized carbons (Fsp3) is 0.600. The Kier molecular flexibility index (Phi) is 5.82. The van der Waals surface area contributed by atoms with Crippen molar-refractivity contribution in [2.24, 2.45) is 0 Å². The van der Waals surface area contributed by atoms with E-state index in [-0.39, 0.29) is 11.6 Å². The number of halogens is 3. The van der Waals surface area contributed by atoms with Crippen molar-refractivity contribution >= 4 is 28.4 Å². The number of aromatic amines is 1. The minimum absolute atomic E-state index is 0.0253. The van der Waals surface area contributed by atoms with Gasteiger partial charge in [-0.1, -0.05) is 0 Å². The lowest BCUT2D eigenvalue weighted by atomic mass is 10.0. The van der Waals surface area contributed by atoms with E-state index in [0.29, 0.717) is 59.5 Å². The topological polar surface area (TPSA) is 98.2 Å². The Balaban J connectivity index is 1.33. The molecule has 38 heavy (non-hydrogen) atoms. The Labute approximate surface area is 218 Å². The van der Waals surface area contributed by atoms with Crippen LogP contribution in [0.3, 0.4) is 0 Å². The lowest BCUT2D eigenvalue weighted by Gasteiger charge is -2.43. The number of carbonyl (C=O) groups excluding carboxylic acids is 1. The quantitative estimate of drug-likeness (QED) is 0.511. The van der Waals surface area contributed by atoms with Crippen LogP contribution in [0.2, 0.25) is 0 Å². The van der Waals surface area contributed by atoms with Crippen LogP contribution in [0.4, 0.5) is 29.5 Å². The van der Waals surface area contributed by atoms with Crippen LogP contribution >= 0.6 is 0 Å². The second kappa shape index (κ2) is 8.85. The molecule has 3 fully saturated rings. The molecule has 2 aliphatic heterocycles. The molecule has 1 unspecified atom stereocenters. The molecule has 2 N–H and O–H groups in total.